The lowest BCUT2D eigenvalue weighted by atomic mass is 10.1. The van der Waals surface area contributed by atoms with Crippen molar-refractivity contribution < 1.29 is 14.3 Å². The number of anilines is 1. The van der Waals surface area contributed by atoms with Crippen LogP contribution in [0.4, 0.5) is 5.69 Å². The van der Waals surface area contributed by atoms with E-state index in [1.54, 1.807) is 30.0 Å². The molecule has 1 atom stereocenters. The van der Waals surface area contributed by atoms with Gasteiger partial charge < -0.3 is 14.6 Å². The molecule has 0 fully saturated rings. The number of ether oxygens (including phenoxy) is 1. The highest BCUT2D eigenvalue weighted by molar-refractivity contribution is 8.00. The maximum Gasteiger partial charge on any atom is 0.265 e. The molecule has 2 aromatic heterocycles. The maximum atomic E-state index is 13.2. The van der Waals surface area contributed by atoms with Crippen molar-refractivity contribution in [1.82, 2.24) is 9.97 Å². The van der Waals surface area contributed by atoms with Gasteiger partial charge in [0.25, 0.3) is 11.5 Å². The third-order valence-corrected chi connectivity index (χ3v) is 7.52. The summed E-state index contributed by atoms with van der Waals surface area (Å²) in [5, 5.41) is 2.38. The monoisotopic (exact) mass is 491 g/mol. The van der Waals surface area contributed by atoms with Gasteiger partial charge in [-0.1, -0.05) is 42.1 Å². The number of nitrogens with zero attached hydrogens (tertiary/aromatic N) is 2. The number of benzene rings is 2. The van der Waals surface area contributed by atoms with Gasteiger partial charge in [0, 0.05) is 23.1 Å². The maximum absolute atomic E-state index is 13.2. The van der Waals surface area contributed by atoms with E-state index in [1.807, 2.05) is 42.6 Å². The molecule has 0 radical (unpaired) electrons. The van der Waals surface area contributed by atoms with E-state index < -0.39 is 5.25 Å². The lowest BCUT2D eigenvalue weighted by Crippen LogP contribution is -2.38. The van der Waals surface area contributed by atoms with E-state index in [0.29, 0.717) is 38.9 Å². The number of likely N-dealkylation sites (N-methyl/N-ethyl adjacent to an activating group) is 1. The van der Waals surface area contributed by atoms with E-state index in [1.165, 1.54) is 23.1 Å². The minimum Gasteiger partial charge on any atom is -0.482 e. The zero-order valence-corrected chi connectivity index (χ0v) is 20.2. The Morgan fingerprint density at radius 2 is 2.03 bits per heavy atom. The van der Waals surface area contributed by atoms with Crippen LogP contribution in [0.3, 0.4) is 0 Å². The molecule has 2 aromatic carbocycles. The Hall–Kier alpha value is -3.43. The van der Waals surface area contributed by atoms with E-state index in [0.717, 1.165) is 11.1 Å². The molecule has 1 N–H and O–H groups in total. The molecule has 0 saturated carbocycles. The quantitative estimate of drug-likeness (QED) is 0.238. The molecule has 5 rings (SSSR count). The van der Waals surface area contributed by atoms with E-state index in [-0.39, 0.29) is 23.9 Å². The molecule has 0 saturated heterocycles. The Morgan fingerprint density at radius 3 is 2.79 bits per heavy atom. The predicted octanol–water partition coefficient (Wildman–Crippen LogP) is 4.76. The minimum atomic E-state index is -0.498. The smallest absolute Gasteiger partial charge is 0.265 e. The Labute approximate surface area is 203 Å². The van der Waals surface area contributed by atoms with Crippen molar-refractivity contribution in [3.05, 3.63) is 69.8 Å². The van der Waals surface area contributed by atoms with Gasteiger partial charge in [0.2, 0.25) is 0 Å². The van der Waals surface area contributed by atoms with Crippen molar-refractivity contribution in [2.45, 2.75) is 24.3 Å². The van der Waals surface area contributed by atoms with Gasteiger partial charge in [0.05, 0.1) is 16.3 Å². The Kier molecular flexibility index (Phi) is 5.97. The zero-order valence-electron chi connectivity index (χ0n) is 18.5. The third kappa shape index (κ3) is 4.01. The van der Waals surface area contributed by atoms with Crippen LogP contribution in [0.2, 0.25) is 0 Å². The van der Waals surface area contributed by atoms with E-state index in [9.17, 15) is 14.4 Å². The van der Waals surface area contributed by atoms with Crippen LogP contribution in [0, 0.1) is 0 Å². The normalized spacial score (nSPS) is 14.1. The second-order valence-electron chi connectivity index (χ2n) is 7.80. The molecular formula is C25H21N3O4S2. The summed E-state index contributed by atoms with van der Waals surface area (Å²) >= 11 is 2.61. The predicted molar refractivity (Wildman–Crippen MR) is 135 cm³/mol. The number of thiophene rings is 1. The number of fused-ring (bicyclic) bond motifs is 2. The first-order valence-electron chi connectivity index (χ1n) is 10.8. The van der Waals surface area contributed by atoms with Crippen molar-refractivity contribution >= 4 is 50.7 Å². The lowest BCUT2D eigenvalue weighted by Gasteiger charge is -2.28. The summed E-state index contributed by atoms with van der Waals surface area (Å²) in [6.45, 7) is 4.15. The summed E-state index contributed by atoms with van der Waals surface area (Å²) in [7, 11) is 0. The fraction of sp³-hybridized carbons (Fsp3) is 0.200. The average molecular weight is 492 g/mol. The van der Waals surface area contributed by atoms with Crippen LogP contribution in [0.1, 0.15) is 24.2 Å². The van der Waals surface area contributed by atoms with Gasteiger partial charge >= 0.3 is 0 Å². The standard InChI is InChI=1S/C25H21N3O4S2/c1-3-28-18-11-16(9-10-19(18)32-12-20(28)29)22(30)14(2)34-25-26-23(31)21-17(13-33-24(21)27-25)15-7-5-4-6-8-15/h4-11,13-14H,3,12H2,1-2H3,(H,26,27,31). The fourth-order valence-electron chi connectivity index (χ4n) is 3.97. The molecular weight excluding hydrogens is 470 g/mol. The first-order chi connectivity index (χ1) is 16.5. The highest BCUT2D eigenvalue weighted by atomic mass is 32.2. The van der Waals surface area contributed by atoms with Crippen molar-refractivity contribution in [2.24, 2.45) is 0 Å². The number of ketones is 1. The molecule has 1 unspecified atom stereocenters. The van der Waals surface area contributed by atoms with Gasteiger partial charge in [-0.25, -0.2) is 4.98 Å². The summed E-state index contributed by atoms with van der Waals surface area (Å²) < 4.78 is 5.49. The summed E-state index contributed by atoms with van der Waals surface area (Å²) in [5.74, 6) is 0.324. The van der Waals surface area contributed by atoms with Gasteiger partial charge in [-0.15, -0.1) is 11.3 Å². The molecule has 9 heteroatoms. The number of nitrogens with one attached hydrogen (secondary N) is 1. The number of rotatable bonds is 6. The third-order valence-electron chi connectivity index (χ3n) is 5.67. The van der Waals surface area contributed by atoms with Gasteiger partial charge in [-0.2, -0.15) is 0 Å². The number of aromatic nitrogens is 2. The number of Topliss-reactive ketones (excluding diaryl/α,β-unsaturated/α-hetero) is 1. The molecule has 0 aliphatic carbocycles. The molecule has 172 valence electrons. The first-order valence-corrected chi connectivity index (χ1v) is 12.6. The highest BCUT2D eigenvalue weighted by Crippen LogP contribution is 2.35. The number of aromatic amines is 1. The number of thioether (sulfide) groups is 1. The largest absolute Gasteiger partial charge is 0.482 e. The number of H-pyrrole nitrogens is 1. The number of carbonyl (C=O) groups excluding carboxylic acids is 2. The molecule has 34 heavy (non-hydrogen) atoms. The first kappa shape index (κ1) is 22.4. The van der Waals surface area contributed by atoms with Crippen LogP contribution in [0.15, 0.2) is 63.9 Å². The summed E-state index contributed by atoms with van der Waals surface area (Å²) in [6.07, 6.45) is 0. The van der Waals surface area contributed by atoms with Gasteiger partial charge in [-0.3, -0.25) is 14.4 Å². The van der Waals surface area contributed by atoms with Crippen LogP contribution >= 0.6 is 23.1 Å². The van der Waals surface area contributed by atoms with Crippen molar-refractivity contribution in [3.63, 3.8) is 0 Å². The highest BCUT2D eigenvalue weighted by Gasteiger charge is 2.27. The average Bonchev–Trinajstić information content (AvgIpc) is 3.28. The number of carbonyl (C=O) groups is 2. The summed E-state index contributed by atoms with van der Waals surface area (Å²) in [4.78, 5) is 47.9. The Balaban J connectivity index is 1.40. The zero-order chi connectivity index (χ0) is 23.8. The molecule has 3 heterocycles. The van der Waals surface area contributed by atoms with E-state index >= 15 is 0 Å². The topological polar surface area (TPSA) is 92.4 Å². The second kappa shape index (κ2) is 9.08. The number of hydrogen-bond donors (Lipinski definition) is 1. The van der Waals surface area contributed by atoms with Crippen LogP contribution in [-0.4, -0.2) is 40.1 Å². The molecule has 1 aliphatic rings. The Morgan fingerprint density at radius 1 is 1.24 bits per heavy atom. The molecule has 0 spiro atoms. The summed E-state index contributed by atoms with van der Waals surface area (Å²) in [5.41, 5.74) is 2.65. The minimum absolute atomic E-state index is 0.00337. The van der Waals surface area contributed by atoms with Crippen LogP contribution < -0.4 is 15.2 Å². The fourth-order valence-corrected chi connectivity index (χ4v) is 5.85. The SMILES string of the molecule is CCN1C(=O)COc2ccc(C(=O)C(C)Sc3nc4scc(-c5ccccc5)c4c(=O)[nH]3)cc21. The lowest BCUT2D eigenvalue weighted by molar-refractivity contribution is -0.121. The number of hydrogen-bond acceptors (Lipinski definition) is 7. The van der Waals surface area contributed by atoms with Gasteiger partial charge in [0.1, 0.15) is 10.6 Å². The van der Waals surface area contributed by atoms with Gasteiger partial charge in [-0.05, 0) is 37.6 Å². The molecule has 0 bridgehead atoms. The van der Waals surface area contributed by atoms with Crippen LogP contribution in [0.5, 0.6) is 5.75 Å². The molecule has 1 amide bonds. The molecule has 7 nitrogen and oxygen atoms in total. The second-order valence-corrected chi connectivity index (χ2v) is 9.99. The molecule has 1 aliphatic heterocycles. The van der Waals surface area contributed by atoms with Crippen LogP contribution in [-0.2, 0) is 4.79 Å². The van der Waals surface area contributed by atoms with Crippen molar-refractivity contribution in [2.75, 3.05) is 18.1 Å². The van der Waals surface area contributed by atoms with Crippen LogP contribution in [0.25, 0.3) is 21.3 Å². The van der Waals surface area contributed by atoms with Crippen molar-refractivity contribution in [3.8, 4) is 16.9 Å². The van der Waals surface area contributed by atoms with E-state index in [4.69, 9.17) is 4.74 Å². The van der Waals surface area contributed by atoms with E-state index in [2.05, 4.69) is 9.97 Å². The summed E-state index contributed by atoms with van der Waals surface area (Å²) in [6, 6.07) is 14.8. The Bertz CT molecular complexity index is 1460. The van der Waals surface area contributed by atoms with Crippen molar-refractivity contribution in [1.29, 1.82) is 0 Å². The molecule has 4 aromatic rings. The number of amides is 1. The van der Waals surface area contributed by atoms with Gasteiger partial charge in [0.15, 0.2) is 17.5 Å².